The van der Waals surface area contributed by atoms with Crippen LogP contribution in [0.5, 0.6) is 17.2 Å². The Hall–Kier alpha value is -1.50. The molecule has 2 heterocycles. The van der Waals surface area contributed by atoms with E-state index in [1.165, 1.54) is 0 Å². The zero-order chi connectivity index (χ0) is 15.5. The van der Waals surface area contributed by atoms with E-state index in [2.05, 4.69) is 11.8 Å². The van der Waals surface area contributed by atoms with Crippen LogP contribution in [0.4, 0.5) is 0 Å². The number of nitrogens with zero attached hydrogens (tertiary/aromatic N) is 1. The van der Waals surface area contributed by atoms with Gasteiger partial charge in [-0.3, -0.25) is 4.90 Å². The summed E-state index contributed by atoms with van der Waals surface area (Å²) >= 11 is 0. The first kappa shape index (κ1) is 15.4. The molecule has 6 heteroatoms. The number of hydrogen-bond donors (Lipinski definition) is 1. The van der Waals surface area contributed by atoms with E-state index in [0.717, 1.165) is 12.3 Å². The first-order chi connectivity index (χ1) is 10.6. The van der Waals surface area contributed by atoms with Crippen molar-refractivity contribution in [3.8, 4) is 17.2 Å². The Labute approximate surface area is 130 Å². The monoisotopic (exact) mass is 309 g/mol. The van der Waals surface area contributed by atoms with Gasteiger partial charge in [-0.25, -0.2) is 0 Å². The highest BCUT2D eigenvalue weighted by Gasteiger charge is 2.25. The van der Waals surface area contributed by atoms with E-state index in [1.54, 1.807) is 6.07 Å². The number of aliphatic hydroxyl groups excluding tert-OH is 1. The predicted octanol–water partition coefficient (Wildman–Crippen LogP) is 1.26. The molecular formula is C16H23NO5. The van der Waals surface area contributed by atoms with Crippen LogP contribution in [0.25, 0.3) is 0 Å². The summed E-state index contributed by atoms with van der Waals surface area (Å²) in [5.41, 5.74) is 0. The lowest BCUT2D eigenvalue weighted by Crippen LogP contribution is -2.50. The number of hydrogen-bond acceptors (Lipinski definition) is 6. The van der Waals surface area contributed by atoms with Crippen LogP contribution >= 0.6 is 0 Å². The van der Waals surface area contributed by atoms with Gasteiger partial charge in [0.15, 0.2) is 11.5 Å². The fourth-order valence-corrected chi connectivity index (χ4v) is 2.71. The Bertz CT molecular complexity index is 509. The number of β-amino-alcohol motifs (C(OH)–C–C–N with tert-alkyl or cyclic N) is 1. The van der Waals surface area contributed by atoms with E-state index in [1.807, 2.05) is 19.1 Å². The van der Waals surface area contributed by atoms with Gasteiger partial charge in [0.1, 0.15) is 18.5 Å². The van der Waals surface area contributed by atoms with Crippen LogP contribution in [0.3, 0.4) is 0 Å². The van der Waals surface area contributed by atoms with Gasteiger partial charge >= 0.3 is 0 Å². The maximum Gasteiger partial charge on any atom is 0.231 e. The van der Waals surface area contributed by atoms with Crippen molar-refractivity contribution in [1.82, 2.24) is 4.90 Å². The second-order valence-corrected chi connectivity index (χ2v) is 5.93. The fraction of sp³-hybridized carbons (Fsp3) is 0.625. The molecule has 2 aliphatic heterocycles. The van der Waals surface area contributed by atoms with Crippen molar-refractivity contribution in [3.05, 3.63) is 18.2 Å². The van der Waals surface area contributed by atoms with Crippen molar-refractivity contribution < 1.29 is 24.1 Å². The van der Waals surface area contributed by atoms with Gasteiger partial charge in [-0.05, 0) is 26.0 Å². The van der Waals surface area contributed by atoms with E-state index >= 15 is 0 Å². The summed E-state index contributed by atoms with van der Waals surface area (Å²) in [7, 11) is 0. The topological polar surface area (TPSA) is 60.4 Å². The number of aliphatic hydroxyl groups is 1. The minimum absolute atomic E-state index is 0.207. The smallest absolute Gasteiger partial charge is 0.231 e. The summed E-state index contributed by atoms with van der Waals surface area (Å²) in [4.78, 5) is 2.24. The molecule has 0 aliphatic carbocycles. The number of ether oxygens (including phenoxy) is 4. The third-order valence-electron chi connectivity index (χ3n) is 3.97. The van der Waals surface area contributed by atoms with Gasteiger partial charge in [-0.2, -0.15) is 0 Å². The average molecular weight is 309 g/mol. The Morgan fingerprint density at radius 1 is 1.32 bits per heavy atom. The number of morpholine rings is 1. The van der Waals surface area contributed by atoms with Gasteiger partial charge in [-0.1, -0.05) is 0 Å². The Kier molecular flexibility index (Phi) is 4.71. The quantitative estimate of drug-likeness (QED) is 0.884. The van der Waals surface area contributed by atoms with Crippen molar-refractivity contribution in [1.29, 1.82) is 0 Å². The molecule has 0 radical (unpaired) electrons. The lowest BCUT2D eigenvalue weighted by molar-refractivity contribution is -0.0650. The third-order valence-corrected chi connectivity index (χ3v) is 3.97. The van der Waals surface area contributed by atoms with Crippen LogP contribution in [0.1, 0.15) is 13.8 Å². The third kappa shape index (κ3) is 3.63. The molecule has 0 aromatic heterocycles. The molecule has 1 N–H and O–H groups in total. The highest BCUT2D eigenvalue weighted by Crippen LogP contribution is 2.35. The van der Waals surface area contributed by atoms with Crippen molar-refractivity contribution in [2.75, 3.05) is 33.1 Å². The molecule has 1 fully saturated rings. The summed E-state index contributed by atoms with van der Waals surface area (Å²) in [6.45, 7) is 6.77. The summed E-state index contributed by atoms with van der Waals surface area (Å²) in [6, 6.07) is 5.74. The molecule has 3 atom stereocenters. The van der Waals surface area contributed by atoms with Crippen molar-refractivity contribution >= 4 is 0 Å². The Balaban J connectivity index is 1.48. The molecule has 22 heavy (non-hydrogen) atoms. The van der Waals surface area contributed by atoms with Crippen LogP contribution in [0.15, 0.2) is 18.2 Å². The number of benzene rings is 1. The summed E-state index contributed by atoms with van der Waals surface area (Å²) in [5, 5.41) is 10.2. The van der Waals surface area contributed by atoms with Crippen molar-refractivity contribution in [2.24, 2.45) is 0 Å². The molecule has 1 aromatic rings. The molecule has 0 amide bonds. The second kappa shape index (κ2) is 6.73. The van der Waals surface area contributed by atoms with E-state index in [9.17, 15) is 5.11 Å². The first-order valence-electron chi connectivity index (χ1n) is 7.68. The fourth-order valence-electron chi connectivity index (χ4n) is 2.71. The molecule has 0 bridgehead atoms. The molecule has 0 spiro atoms. The van der Waals surface area contributed by atoms with E-state index in [4.69, 9.17) is 18.9 Å². The van der Waals surface area contributed by atoms with E-state index in [0.29, 0.717) is 30.7 Å². The minimum atomic E-state index is -0.543. The maximum absolute atomic E-state index is 10.2. The largest absolute Gasteiger partial charge is 0.491 e. The SMILES string of the molecule is CC1CN(CC(O)COc2ccc3c(c2)OCO3)C(C)CO1. The Morgan fingerprint density at radius 3 is 3.00 bits per heavy atom. The van der Waals surface area contributed by atoms with Crippen molar-refractivity contribution in [2.45, 2.75) is 32.1 Å². The van der Waals surface area contributed by atoms with Gasteiger partial charge in [0.05, 0.1) is 12.7 Å². The van der Waals surface area contributed by atoms with E-state index in [-0.39, 0.29) is 19.5 Å². The van der Waals surface area contributed by atoms with Gasteiger partial charge in [0.25, 0.3) is 0 Å². The summed E-state index contributed by atoms with van der Waals surface area (Å²) in [5.74, 6) is 2.08. The molecule has 122 valence electrons. The molecule has 3 unspecified atom stereocenters. The summed E-state index contributed by atoms with van der Waals surface area (Å²) < 4.78 is 21.8. The van der Waals surface area contributed by atoms with Crippen LogP contribution in [0, 0.1) is 0 Å². The minimum Gasteiger partial charge on any atom is -0.491 e. The van der Waals surface area contributed by atoms with Gasteiger partial charge in [0.2, 0.25) is 6.79 Å². The molecule has 0 saturated carbocycles. The normalized spacial score (nSPS) is 26.0. The molecule has 1 saturated heterocycles. The van der Waals surface area contributed by atoms with Gasteiger partial charge in [0, 0.05) is 25.2 Å². The maximum atomic E-state index is 10.2. The average Bonchev–Trinajstić information content (AvgIpc) is 2.96. The molecule has 6 nitrogen and oxygen atoms in total. The van der Waals surface area contributed by atoms with Crippen LogP contribution in [0.2, 0.25) is 0 Å². The zero-order valence-corrected chi connectivity index (χ0v) is 13.0. The molecule has 1 aromatic carbocycles. The summed E-state index contributed by atoms with van der Waals surface area (Å²) in [6.07, 6.45) is -0.337. The standard InChI is InChI=1S/C16H23NO5/c1-11-8-19-12(2)6-17(11)7-13(18)9-20-14-3-4-15-16(5-14)22-10-21-15/h3-5,11-13,18H,6-10H2,1-2H3. The highest BCUT2D eigenvalue weighted by atomic mass is 16.7. The molecule has 2 aliphatic rings. The number of rotatable bonds is 5. The number of fused-ring (bicyclic) bond motifs is 1. The van der Waals surface area contributed by atoms with Crippen LogP contribution in [-0.4, -0.2) is 61.4 Å². The molecule has 3 rings (SSSR count). The molecular weight excluding hydrogens is 286 g/mol. The lowest BCUT2D eigenvalue weighted by Gasteiger charge is -2.37. The van der Waals surface area contributed by atoms with E-state index < -0.39 is 6.10 Å². The van der Waals surface area contributed by atoms with Gasteiger partial charge < -0.3 is 24.1 Å². The van der Waals surface area contributed by atoms with Crippen LogP contribution < -0.4 is 14.2 Å². The second-order valence-electron chi connectivity index (χ2n) is 5.93. The van der Waals surface area contributed by atoms with Crippen molar-refractivity contribution in [3.63, 3.8) is 0 Å². The zero-order valence-electron chi connectivity index (χ0n) is 13.0. The predicted molar refractivity (Wildman–Crippen MR) is 80.5 cm³/mol. The highest BCUT2D eigenvalue weighted by molar-refractivity contribution is 5.46. The lowest BCUT2D eigenvalue weighted by atomic mass is 10.2. The first-order valence-corrected chi connectivity index (χ1v) is 7.68. The van der Waals surface area contributed by atoms with Crippen LogP contribution in [-0.2, 0) is 4.74 Å². The Morgan fingerprint density at radius 2 is 2.14 bits per heavy atom. The van der Waals surface area contributed by atoms with Gasteiger partial charge in [-0.15, -0.1) is 0 Å².